The molecule has 2 atom stereocenters. The van der Waals surface area contributed by atoms with Gasteiger partial charge in [-0.15, -0.1) is 0 Å². The van der Waals surface area contributed by atoms with Crippen molar-refractivity contribution in [3.8, 4) is 0 Å². The highest BCUT2D eigenvalue weighted by Gasteiger charge is 2.30. The van der Waals surface area contributed by atoms with Gasteiger partial charge in [-0.25, -0.2) is 0 Å². The van der Waals surface area contributed by atoms with Crippen molar-refractivity contribution in [3.63, 3.8) is 0 Å². The summed E-state index contributed by atoms with van der Waals surface area (Å²) in [5, 5.41) is 3.21. The van der Waals surface area contributed by atoms with E-state index in [0.29, 0.717) is 30.3 Å². The van der Waals surface area contributed by atoms with E-state index >= 15 is 0 Å². The first-order valence-electron chi connectivity index (χ1n) is 7.32. The third-order valence-electron chi connectivity index (χ3n) is 4.25. The van der Waals surface area contributed by atoms with Crippen molar-refractivity contribution >= 4 is 5.91 Å². The Kier molecular flexibility index (Phi) is 6.27. The Morgan fingerprint density at radius 2 is 2.11 bits per heavy atom. The number of carbonyl (C=O) groups excluding carboxylic acids is 1. The molecule has 0 aromatic heterocycles. The molecule has 0 aliphatic carbocycles. The van der Waals surface area contributed by atoms with Gasteiger partial charge in [0.05, 0.1) is 6.61 Å². The summed E-state index contributed by atoms with van der Waals surface area (Å²) in [5.41, 5.74) is 0.297. The Morgan fingerprint density at radius 1 is 1.42 bits per heavy atom. The number of hydrogen-bond donors (Lipinski definition) is 1. The van der Waals surface area contributed by atoms with Crippen LogP contribution in [0.15, 0.2) is 0 Å². The highest BCUT2D eigenvalue weighted by Crippen LogP contribution is 2.34. The van der Waals surface area contributed by atoms with Gasteiger partial charge in [0.1, 0.15) is 0 Å². The first-order chi connectivity index (χ1) is 8.88. The Hall–Kier alpha value is -0.610. The number of likely N-dealkylation sites (tertiary alicyclic amines) is 1. The molecule has 1 saturated heterocycles. The predicted octanol–water partition coefficient (Wildman–Crippen LogP) is 1.90. The lowest BCUT2D eigenvalue weighted by Crippen LogP contribution is -2.44. The molecule has 0 bridgehead atoms. The molecule has 4 heteroatoms. The molecule has 0 saturated carbocycles. The number of nitrogens with one attached hydrogen (secondary N) is 1. The van der Waals surface area contributed by atoms with Gasteiger partial charge in [-0.2, -0.15) is 0 Å². The Morgan fingerprint density at radius 3 is 2.63 bits per heavy atom. The number of likely N-dealkylation sites (N-methyl/N-ethyl adjacent to an activating group) is 1. The molecule has 1 heterocycles. The van der Waals surface area contributed by atoms with E-state index in [2.05, 4.69) is 26.1 Å². The van der Waals surface area contributed by atoms with Gasteiger partial charge >= 0.3 is 0 Å². The van der Waals surface area contributed by atoms with Crippen LogP contribution in [0.3, 0.4) is 0 Å². The average molecular weight is 270 g/mol. The fraction of sp³-hybridized carbons (Fsp3) is 0.933. The van der Waals surface area contributed by atoms with Crippen LogP contribution in [0.2, 0.25) is 0 Å². The predicted molar refractivity (Wildman–Crippen MR) is 78.1 cm³/mol. The van der Waals surface area contributed by atoms with E-state index in [0.717, 1.165) is 25.9 Å². The van der Waals surface area contributed by atoms with E-state index in [1.807, 2.05) is 11.9 Å². The number of hydrogen-bond acceptors (Lipinski definition) is 3. The zero-order valence-electron chi connectivity index (χ0n) is 13.2. The van der Waals surface area contributed by atoms with Crippen LogP contribution in [-0.4, -0.2) is 50.7 Å². The number of carbonyl (C=O) groups is 1. The molecule has 1 fully saturated rings. The molecule has 1 rings (SSSR count). The highest BCUT2D eigenvalue weighted by molar-refractivity contribution is 5.76. The van der Waals surface area contributed by atoms with Crippen molar-refractivity contribution < 1.29 is 9.53 Å². The van der Waals surface area contributed by atoms with Crippen molar-refractivity contribution in [2.45, 2.75) is 46.1 Å². The van der Waals surface area contributed by atoms with Gasteiger partial charge in [0.25, 0.3) is 0 Å². The minimum absolute atomic E-state index is 0.222. The molecule has 4 nitrogen and oxygen atoms in total. The summed E-state index contributed by atoms with van der Waals surface area (Å²) in [6, 6.07) is 0.222. The molecular formula is C15H30N2O2. The van der Waals surface area contributed by atoms with Crippen LogP contribution >= 0.6 is 0 Å². The minimum Gasteiger partial charge on any atom is -0.383 e. The van der Waals surface area contributed by atoms with Gasteiger partial charge in [-0.05, 0) is 31.2 Å². The lowest BCUT2D eigenvalue weighted by molar-refractivity contribution is -0.131. The lowest BCUT2D eigenvalue weighted by atomic mass is 9.77. The van der Waals surface area contributed by atoms with Crippen LogP contribution in [0.4, 0.5) is 0 Å². The number of nitrogens with zero attached hydrogens (tertiary/aromatic N) is 1. The van der Waals surface area contributed by atoms with Crippen LogP contribution in [0.5, 0.6) is 0 Å². The van der Waals surface area contributed by atoms with E-state index in [4.69, 9.17) is 4.74 Å². The summed E-state index contributed by atoms with van der Waals surface area (Å²) in [6.07, 6.45) is 2.82. The molecule has 0 aromatic rings. The summed E-state index contributed by atoms with van der Waals surface area (Å²) in [6.45, 7) is 9.10. The van der Waals surface area contributed by atoms with Gasteiger partial charge in [-0.1, -0.05) is 20.8 Å². The fourth-order valence-electron chi connectivity index (χ4n) is 2.79. The van der Waals surface area contributed by atoms with Gasteiger partial charge in [0, 0.05) is 32.7 Å². The van der Waals surface area contributed by atoms with Crippen LogP contribution in [-0.2, 0) is 9.53 Å². The molecule has 1 aliphatic rings. The molecule has 0 spiro atoms. The van der Waals surface area contributed by atoms with Crippen LogP contribution < -0.4 is 5.32 Å². The second-order valence-electron chi connectivity index (χ2n) is 6.67. The van der Waals surface area contributed by atoms with Crippen molar-refractivity contribution in [2.75, 3.05) is 33.9 Å². The van der Waals surface area contributed by atoms with Crippen LogP contribution in [0.25, 0.3) is 0 Å². The summed E-state index contributed by atoms with van der Waals surface area (Å²) >= 11 is 0. The Balaban J connectivity index is 2.58. The maximum absolute atomic E-state index is 12.2. The molecule has 1 amide bonds. The molecule has 0 radical (unpaired) electrons. The zero-order chi connectivity index (χ0) is 14.5. The molecule has 0 aromatic carbocycles. The summed E-state index contributed by atoms with van der Waals surface area (Å²) in [4.78, 5) is 14.2. The molecule has 2 unspecified atom stereocenters. The molecule has 19 heavy (non-hydrogen) atoms. The number of ether oxygens (including phenoxy) is 1. The van der Waals surface area contributed by atoms with Crippen molar-refractivity contribution in [2.24, 2.45) is 11.3 Å². The van der Waals surface area contributed by atoms with Gasteiger partial charge in [0.2, 0.25) is 5.91 Å². The molecule has 1 aliphatic heterocycles. The minimum atomic E-state index is 0.222. The number of methoxy groups -OCH3 is 1. The average Bonchev–Trinajstić information content (AvgIpc) is 2.51. The molecular weight excluding hydrogens is 240 g/mol. The largest absolute Gasteiger partial charge is 0.383 e. The number of amides is 1. The second-order valence-corrected chi connectivity index (χ2v) is 6.67. The zero-order valence-corrected chi connectivity index (χ0v) is 13.2. The SMILES string of the molecule is CNC(COC)CN1CCC(C(C)(C)C)CCC1=O. The normalized spacial score (nSPS) is 23.3. The topological polar surface area (TPSA) is 41.6 Å². The smallest absolute Gasteiger partial charge is 0.222 e. The van der Waals surface area contributed by atoms with E-state index in [9.17, 15) is 4.79 Å². The van der Waals surface area contributed by atoms with Crippen LogP contribution in [0.1, 0.15) is 40.0 Å². The quantitative estimate of drug-likeness (QED) is 0.829. The van der Waals surface area contributed by atoms with Gasteiger partial charge in [0.15, 0.2) is 0 Å². The van der Waals surface area contributed by atoms with E-state index in [-0.39, 0.29) is 6.04 Å². The Labute approximate surface area is 117 Å². The van der Waals surface area contributed by atoms with E-state index < -0.39 is 0 Å². The van der Waals surface area contributed by atoms with Crippen molar-refractivity contribution in [1.29, 1.82) is 0 Å². The van der Waals surface area contributed by atoms with E-state index in [1.165, 1.54) is 0 Å². The standard InChI is InChI=1S/C15H30N2O2/c1-15(2,3)12-6-7-14(18)17(9-8-12)10-13(16-4)11-19-5/h12-13,16H,6-11H2,1-5H3. The third-order valence-corrected chi connectivity index (χ3v) is 4.25. The summed E-state index contributed by atoms with van der Waals surface area (Å²) in [7, 11) is 3.62. The maximum Gasteiger partial charge on any atom is 0.222 e. The van der Waals surface area contributed by atoms with E-state index in [1.54, 1.807) is 7.11 Å². The molecule has 112 valence electrons. The van der Waals surface area contributed by atoms with Crippen LogP contribution in [0, 0.1) is 11.3 Å². The van der Waals surface area contributed by atoms with Gasteiger partial charge < -0.3 is 15.0 Å². The second kappa shape index (κ2) is 7.25. The maximum atomic E-state index is 12.2. The van der Waals surface area contributed by atoms with Gasteiger partial charge in [-0.3, -0.25) is 4.79 Å². The fourth-order valence-corrected chi connectivity index (χ4v) is 2.79. The van der Waals surface area contributed by atoms with Crippen molar-refractivity contribution in [1.82, 2.24) is 10.2 Å². The molecule has 1 N–H and O–H groups in total. The summed E-state index contributed by atoms with van der Waals surface area (Å²) in [5.74, 6) is 0.931. The lowest BCUT2D eigenvalue weighted by Gasteiger charge is -2.30. The first kappa shape index (κ1) is 16.4. The monoisotopic (exact) mass is 270 g/mol. The first-order valence-corrected chi connectivity index (χ1v) is 7.32. The highest BCUT2D eigenvalue weighted by atomic mass is 16.5. The Bertz CT molecular complexity index is 286. The third kappa shape index (κ3) is 5.11. The summed E-state index contributed by atoms with van der Waals surface area (Å²) < 4.78 is 5.18. The number of rotatable bonds is 5. The van der Waals surface area contributed by atoms with Crippen molar-refractivity contribution in [3.05, 3.63) is 0 Å².